The molecule has 16 heavy (non-hydrogen) atoms. The first-order valence-electron chi connectivity index (χ1n) is 6.03. The van der Waals surface area contributed by atoms with Crippen molar-refractivity contribution in [3.8, 4) is 0 Å². The van der Waals surface area contributed by atoms with E-state index in [1.54, 1.807) is 0 Å². The Morgan fingerprint density at radius 3 is 2.56 bits per heavy atom. The molecule has 0 bridgehead atoms. The maximum atomic E-state index is 5.78. The van der Waals surface area contributed by atoms with Crippen molar-refractivity contribution in [2.75, 3.05) is 13.2 Å². The van der Waals surface area contributed by atoms with Crippen LogP contribution in [-0.2, 0) is 21.7 Å². The third kappa shape index (κ3) is 2.31. The second-order valence-corrected chi connectivity index (χ2v) is 5.84. The number of ether oxygens (including phenoxy) is 2. The number of thiophene rings is 1. The smallest absolute Gasteiger partial charge is 0.204 e. The summed E-state index contributed by atoms with van der Waals surface area (Å²) in [5, 5.41) is 0. The zero-order valence-electron chi connectivity index (χ0n) is 10.3. The van der Waals surface area contributed by atoms with E-state index in [2.05, 4.69) is 32.9 Å². The molecule has 2 rings (SSSR count). The minimum atomic E-state index is -0.445. The van der Waals surface area contributed by atoms with Gasteiger partial charge < -0.3 is 9.47 Å². The molecule has 0 N–H and O–H groups in total. The molecule has 0 amide bonds. The summed E-state index contributed by atoms with van der Waals surface area (Å²) in [5.74, 6) is 0.259. The molecule has 2 heterocycles. The average molecular weight is 240 g/mol. The van der Waals surface area contributed by atoms with Crippen molar-refractivity contribution in [1.29, 1.82) is 0 Å². The Hall–Kier alpha value is -0.380. The van der Waals surface area contributed by atoms with E-state index >= 15 is 0 Å². The summed E-state index contributed by atoms with van der Waals surface area (Å²) in [6.45, 7) is 8.04. The highest BCUT2D eigenvalue weighted by molar-refractivity contribution is 7.12. The van der Waals surface area contributed by atoms with Gasteiger partial charge in [0.15, 0.2) is 0 Å². The Bertz CT molecular complexity index is 337. The molecule has 2 nitrogen and oxygen atoms in total. The molecule has 90 valence electrons. The molecule has 0 spiro atoms. The Morgan fingerprint density at radius 1 is 1.31 bits per heavy atom. The van der Waals surface area contributed by atoms with E-state index in [0.29, 0.717) is 19.1 Å². The first-order valence-corrected chi connectivity index (χ1v) is 6.85. The van der Waals surface area contributed by atoms with Gasteiger partial charge in [-0.15, -0.1) is 11.3 Å². The summed E-state index contributed by atoms with van der Waals surface area (Å²) in [4.78, 5) is 2.65. The number of hydrogen-bond acceptors (Lipinski definition) is 3. The van der Waals surface area contributed by atoms with Gasteiger partial charge in [-0.25, -0.2) is 0 Å². The van der Waals surface area contributed by atoms with E-state index in [1.165, 1.54) is 9.75 Å². The van der Waals surface area contributed by atoms with Crippen LogP contribution in [0.3, 0.4) is 0 Å². The van der Waals surface area contributed by atoms with Crippen LogP contribution in [0.5, 0.6) is 0 Å². The fraction of sp³-hybridized carbons (Fsp3) is 0.692. The van der Waals surface area contributed by atoms with E-state index in [4.69, 9.17) is 9.47 Å². The summed E-state index contributed by atoms with van der Waals surface area (Å²) in [5.41, 5.74) is 0. The lowest BCUT2D eigenvalue weighted by Gasteiger charge is -2.24. The number of rotatable bonds is 4. The highest BCUT2D eigenvalue weighted by Crippen LogP contribution is 2.38. The van der Waals surface area contributed by atoms with Gasteiger partial charge in [0.05, 0.1) is 18.1 Å². The predicted molar refractivity (Wildman–Crippen MR) is 66.7 cm³/mol. The van der Waals surface area contributed by atoms with Gasteiger partial charge in [0.2, 0.25) is 5.79 Å². The van der Waals surface area contributed by atoms with Crippen LogP contribution < -0.4 is 0 Å². The van der Waals surface area contributed by atoms with Crippen molar-refractivity contribution >= 4 is 11.3 Å². The molecule has 1 aromatic heterocycles. The van der Waals surface area contributed by atoms with Gasteiger partial charge in [0.25, 0.3) is 0 Å². The van der Waals surface area contributed by atoms with Crippen molar-refractivity contribution in [2.45, 2.75) is 39.4 Å². The van der Waals surface area contributed by atoms with Gasteiger partial charge >= 0.3 is 0 Å². The van der Waals surface area contributed by atoms with Gasteiger partial charge in [-0.3, -0.25) is 0 Å². The zero-order valence-corrected chi connectivity index (χ0v) is 11.1. The largest absolute Gasteiger partial charge is 0.343 e. The number of hydrogen-bond donors (Lipinski definition) is 0. The maximum Gasteiger partial charge on any atom is 0.204 e. The van der Waals surface area contributed by atoms with Gasteiger partial charge in [-0.2, -0.15) is 0 Å². The molecular weight excluding hydrogens is 220 g/mol. The summed E-state index contributed by atoms with van der Waals surface area (Å²) in [6.07, 6.45) is 2.03. The van der Waals surface area contributed by atoms with E-state index in [1.807, 2.05) is 11.3 Å². The molecule has 1 aromatic rings. The minimum absolute atomic E-state index is 0.445. The van der Waals surface area contributed by atoms with Crippen LogP contribution in [0.15, 0.2) is 12.1 Å². The van der Waals surface area contributed by atoms with E-state index in [-0.39, 0.29) is 0 Å². The predicted octanol–water partition coefficient (Wildman–Crippen LogP) is 3.56. The van der Waals surface area contributed by atoms with Crippen molar-refractivity contribution in [3.05, 3.63) is 21.9 Å². The molecule has 1 aliphatic heterocycles. The van der Waals surface area contributed by atoms with Crippen LogP contribution in [0.1, 0.15) is 36.9 Å². The Labute approximate surface area is 102 Å². The van der Waals surface area contributed by atoms with Gasteiger partial charge in [-0.1, -0.05) is 20.8 Å². The molecule has 1 aliphatic rings. The molecule has 0 aliphatic carbocycles. The SMILES string of the molecule is CCC1(c2ccc(CC(C)C)s2)OCCO1. The Morgan fingerprint density at radius 2 is 2.00 bits per heavy atom. The molecule has 0 saturated carbocycles. The molecule has 1 fully saturated rings. The average Bonchev–Trinajstić information content (AvgIpc) is 2.85. The third-order valence-corrected chi connectivity index (χ3v) is 4.10. The first kappa shape index (κ1) is 12.1. The summed E-state index contributed by atoms with van der Waals surface area (Å²) < 4.78 is 11.6. The zero-order chi connectivity index (χ0) is 11.6. The van der Waals surface area contributed by atoms with Gasteiger partial charge in [-0.05, 0) is 24.5 Å². The molecular formula is C13H20O2S. The lowest BCUT2D eigenvalue weighted by atomic mass is 10.1. The standard InChI is InChI=1S/C13H20O2S/c1-4-13(14-7-8-15-13)12-6-5-11(16-12)9-10(2)3/h5-6,10H,4,7-9H2,1-3H3. The lowest BCUT2D eigenvalue weighted by Crippen LogP contribution is -2.24. The monoisotopic (exact) mass is 240 g/mol. The lowest BCUT2D eigenvalue weighted by molar-refractivity contribution is -0.164. The molecule has 1 saturated heterocycles. The van der Waals surface area contributed by atoms with Crippen LogP contribution in [0.2, 0.25) is 0 Å². The van der Waals surface area contributed by atoms with Crippen LogP contribution in [0.25, 0.3) is 0 Å². The van der Waals surface area contributed by atoms with Crippen LogP contribution in [-0.4, -0.2) is 13.2 Å². The van der Waals surface area contributed by atoms with Crippen LogP contribution in [0, 0.1) is 5.92 Å². The van der Waals surface area contributed by atoms with E-state index < -0.39 is 5.79 Å². The third-order valence-electron chi connectivity index (χ3n) is 2.87. The summed E-state index contributed by atoms with van der Waals surface area (Å²) in [7, 11) is 0. The molecule has 0 unspecified atom stereocenters. The topological polar surface area (TPSA) is 18.5 Å². The Kier molecular flexibility index (Phi) is 3.67. The van der Waals surface area contributed by atoms with Crippen LogP contribution in [0.4, 0.5) is 0 Å². The first-order chi connectivity index (χ1) is 7.66. The van der Waals surface area contributed by atoms with E-state index in [9.17, 15) is 0 Å². The van der Waals surface area contributed by atoms with Crippen molar-refractivity contribution in [1.82, 2.24) is 0 Å². The molecule has 3 heteroatoms. The van der Waals surface area contributed by atoms with Crippen molar-refractivity contribution in [3.63, 3.8) is 0 Å². The van der Waals surface area contributed by atoms with Gasteiger partial charge in [0, 0.05) is 11.3 Å². The van der Waals surface area contributed by atoms with Crippen molar-refractivity contribution in [2.24, 2.45) is 5.92 Å². The normalized spacial score (nSPS) is 19.5. The fourth-order valence-corrected chi connectivity index (χ4v) is 3.46. The quantitative estimate of drug-likeness (QED) is 0.801. The maximum absolute atomic E-state index is 5.78. The van der Waals surface area contributed by atoms with Crippen molar-refractivity contribution < 1.29 is 9.47 Å². The van der Waals surface area contributed by atoms with E-state index in [0.717, 1.165) is 12.8 Å². The molecule has 0 radical (unpaired) electrons. The van der Waals surface area contributed by atoms with Gasteiger partial charge in [0.1, 0.15) is 0 Å². The van der Waals surface area contributed by atoms with Crippen LogP contribution >= 0.6 is 11.3 Å². The highest BCUT2D eigenvalue weighted by Gasteiger charge is 2.37. The summed E-state index contributed by atoms with van der Waals surface area (Å²) in [6, 6.07) is 4.37. The molecule has 0 aromatic carbocycles. The summed E-state index contributed by atoms with van der Waals surface area (Å²) >= 11 is 1.83. The minimum Gasteiger partial charge on any atom is -0.343 e. The second kappa shape index (κ2) is 4.86. The molecule has 0 atom stereocenters. The fourth-order valence-electron chi connectivity index (χ4n) is 2.07. The Balaban J connectivity index is 2.16. The highest BCUT2D eigenvalue weighted by atomic mass is 32.1. The second-order valence-electron chi connectivity index (χ2n) is 4.67.